The fraction of sp³-hybridized carbons (Fsp3) is 0.843. The van der Waals surface area contributed by atoms with Gasteiger partial charge in [0.25, 0.3) is 0 Å². The Labute approximate surface area is 405 Å². The quantitative estimate of drug-likeness (QED) is 0.140. The van der Waals surface area contributed by atoms with Gasteiger partial charge in [-0.2, -0.15) is 0 Å². The van der Waals surface area contributed by atoms with E-state index in [2.05, 4.69) is 6.92 Å². The number of methoxy groups -OCH3 is 3. The molecule has 3 heterocycles. The van der Waals surface area contributed by atoms with Crippen LogP contribution in [0.4, 0.5) is 0 Å². The highest BCUT2D eigenvalue weighted by molar-refractivity contribution is 5.89. The first-order valence-electron chi connectivity index (χ1n) is 25.1. The van der Waals surface area contributed by atoms with Crippen LogP contribution in [-0.2, 0) is 56.9 Å². The molecule has 0 bridgehead atoms. The van der Waals surface area contributed by atoms with Crippen LogP contribution in [-0.4, -0.2) is 174 Å². The third-order valence-electron chi connectivity index (χ3n) is 18.3. The van der Waals surface area contributed by atoms with Crippen LogP contribution >= 0.6 is 0 Å². The van der Waals surface area contributed by atoms with Crippen molar-refractivity contribution in [3.63, 3.8) is 0 Å². The van der Waals surface area contributed by atoms with Crippen molar-refractivity contribution in [3.05, 3.63) is 35.9 Å². The first-order chi connectivity index (χ1) is 32.6. The Bertz CT molecular complexity index is 1940. The van der Waals surface area contributed by atoms with Gasteiger partial charge in [0.1, 0.15) is 53.9 Å². The number of aliphatic hydroxyl groups excluding tert-OH is 2. The molecule has 0 radical (unpaired) electrons. The Balaban J connectivity index is 0.904. The number of hydrogen-bond donors (Lipinski definition) is 5. The number of carbonyl (C=O) groups excluding carboxylic acids is 2. The van der Waals surface area contributed by atoms with Crippen molar-refractivity contribution in [2.45, 2.75) is 228 Å². The number of ether oxygens (including phenoxy) is 11. The Morgan fingerprint density at radius 2 is 1.33 bits per heavy atom. The lowest BCUT2D eigenvalue weighted by Crippen LogP contribution is -2.79. The van der Waals surface area contributed by atoms with Crippen molar-refractivity contribution in [2.75, 3.05) is 21.3 Å². The van der Waals surface area contributed by atoms with E-state index >= 15 is 0 Å². The molecule has 7 aliphatic rings. The SMILES string of the molecule is CO[C@H]1[C@@H](O)[C@H](O[C@@H]2[C@@H](C)O[C@@H](O[C@H]3[C@@H](OC)C[C@H](O[C@H]4CC[C@@]5(C)[C@@H](CC[C@]6(O)[C@@H]5C[C@@H](OC(C)=O)[C@@]5(C)[C@]6(O)CC[C@]5(O)[C@H](C)OC(=O)c5ccccc5)C4)O[C@@H]3C)C[C@H]2OC)O[C@H](C)[C@H]1O. The number of benzene rings is 1. The molecule has 7 fully saturated rings. The zero-order chi connectivity index (χ0) is 50.0. The lowest BCUT2D eigenvalue weighted by Gasteiger charge is -2.69. The summed E-state index contributed by atoms with van der Waals surface area (Å²) in [5.41, 5.74) is -7.15. The summed E-state index contributed by atoms with van der Waals surface area (Å²) >= 11 is 0. The maximum Gasteiger partial charge on any atom is 0.338 e. The average molecular weight is 979 g/mol. The van der Waals surface area contributed by atoms with Gasteiger partial charge in [0, 0.05) is 41.1 Å². The molecule has 1 aromatic carbocycles. The Hall–Kier alpha value is -2.40. The largest absolute Gasteiger partial charge is 0.462 e. The molecule has 390 valence electrons. The fourth-order valence-corrected chi connectivity index (χ4v) is 14.2. The summed E-state index contributed by atoms with van der Waals surface area (Å²) in [6.45, 7) is 12.2. The van der Waals surface area contributed by atoms with Crippen LogP contribution < -0.4 is 0 Å². The molecule has 3 saturated heterocycles. The lowest BCUT2D eigenvalue weighted by atomic mass is 9.40. The van der Waals surface area contributed by atoms with Gasteiger partial charge in [0.15, 0.2) is 18.9 Å². The highest BCUT2D eigenvalue weighted by Gasteiger charge is 2.82. The average Bonchev–Trinajstić information content (AvgIpc) is 3.54. The molecular weight excluding hydrogens is 901 g/mol. The molecule has 1 aromatic rings. The van der Waals surface area contributed by atoms with Crippen molar-refractivity contribution in [1.29, 1.82) is 0 Å². The van der Waals surface area contributed by atoms with E-state index in [9.17, 15) is 35.1 Å². The van der Waals surface area contributed by atoms with E-state index in [-0.39, 0.29) is 37.7 Å². The van der Waals surface area contributed by atoms with Crippen LogP contribution in [0.25, 0.3) is 0 Å². The highest BCUT2D eigenvalue weighted by atomic mass is 16.8. The van der Waals surface area contributed by atoms with Crippen molar-refractivity contribution in [2.24, 2.45) is 22.7 Å². The Morgan fingerprint density at radius 1 is 0.710 bits per heavy atom. The number of esters is 2. The summed E-state index contributed by atoms with van der Waals surface area (Å²) in [4.78, 5) is 26.1. The molecule has 4 saturated carbocycles. The molecule has 3 aliphatic heterocycles. The topological polar surface area (TPSA) is 237 Å². The van der Waals surface area contributed by atoms with Gasteiger partial charge < -0.3 is 77.6 Å². The van der Waals surface area contributed by atoms with Gasteiger partial charge >= 0.3 is 11.9 Å². The standard InChI is InChI=1S/C51H78O18/c1-26-40(53)44(61-10)41(54)46(64-26)69-43-28(3)63-39(24-35(43)60-9)68-42-27(2)62-38(23-34(42)59-8)67-33-17-18-47(6)32(22-33)16-19-50(57)36(47)25-37(66-30(5)52)48(7)49(56,20-21-51(48,50)58)29(4)65-45(55)31-14-12-11-13-15-31/h11-15,26-29,32-44,46,53-54,56-58H,16-25H2,1-10H3/t26-,27-,28-,29+,32+,33+,34+,35-,36-,37-,38+,39+,40-,41-,42-,43-,44-,46+,47+,48-,49+,50+,51-/m1/s1. The molecule has 0 spiro atoms. The van der Waals surface area contributed by atoms with Crippen LogP contribution in [0.3, 0.4) is 0 Å². The van der Waals surface area contributed by atoms with E-state index in [0.717, 1.165) is 0 Å². The second kappa shape index (κ2) is 20.1. The molecule has 8 rings (SSSR count). The van der Waals surface area contributed by atoms with Gasteiger partial charge in [-0.15, -0.1) is 0 Å². The van der Waals surface area contributed by atoms with E-state index in [4.69, 9.17) is 52.1 Å². The predicted octanol–water partition coefficient (Wildman–Crippen LogP) is 3.71. The first-order valence-corrected chi connectivity index (χ1v) is 25.1. The summed E-state index contributed by atoms with van der Waals surface area (Å²) in [5.74, 6) is -1.60. The van der Waals surface area contributed by atoms with Crippen LogP contribution in [0.15, 0.2) is 30.3 Å². The molecule has 18 heteroatoms. The number of rotatable bonds is 13. The summed E-state index contributed by atoms with van der Waals surface area (Å²) in [6, 6.07) is 8.47. The minimum absolute atomic E-state index is 0.0145. The molecule has 0 unspecified atom stereocenters. The molecular formula is C51H78O18. The van der Waals surface area contributed by atoms with Crippen LogP contribution in [0.2, 0.25) is 0 Å². The number of aliphatic hydroxyl groups is 5. The van der Waals surface area contributed by atoms with Crippen LogP contribution in [0, 0.1) is 22.7 Å². The number of hydrogen-bond acceptors (Lipinski definition) is 18. The molecule has 23 atom stereocenters. The molecule has 5 N–H and O–H groups in total. The van der Waals surface area contributed by atoms with E-state index in [1.165, 1.54) is 14.0 Å². The predicted molar refractivity (Wildman–Crippen MR) is 243 cm³/mol. The zero-order valence-electron chi connectivity index (χ0n) is 41.9. The molecule has 0 amide bonds. The maximum absolute atomic E-state index is 13.3. The first kappa shape index (κ1) is 52.9. The van der Waals surface area contributed by atoms with Gasteiger partial charge in [-0.25, -0.2) is 4.79 Å². The van der Waals surface area contributed by atoms with E-state index < -0.39 is 138 Å². The Kier molecular flexibility index (Phi) is 15.4. The minimum atomic E-state index is -1.89. The second-order valence-corrected chi connectivity index (χ2v) is 21.6. The zero-order valence-corrected chi connectivity index (χ0v) is 41.9. The number of carbonyl (C=O) groups is 2. The Morgan fingerprint density at radius 3 is 1.94 bits per heavy atom. The number of fused-ring (bicyclic) bond motifs is 5. The van der Waals surface area contributed by atoms with Crippen LogP contribution in [0.1, 0.15) is 123 Å². The molecule has 0 aromatic heterocycles. The monoisotopic (exact) mass is 979 g/mol. The van der Waals surface area contributed by atoms with Crippen LogP contribution in [0.5, 0.6) is 0 Å². The van der Waals surface area contributed by atoms with Gasteiger partial charge in [-0.3, -0.25) is 4.79 Å². The third-order valence-corrected chi connectivity index (χ3v) is 18.3. The second-order valence-electron chi connectivity index (χ2n) is 21.6. The normalized spacial score (nSPS) is 49.2. The van der Waals surface area contributed by atoms with Gasteiger partial charge in [-0.05, 0) is 108 Å². The van der Waals surface area contributed by atoms with Crippen molar-refractivity contribution < 1.29 is 87.2 Å². The van der Waals surface area contributed by atoms with Crippen molar-refractivity contribution in [3.8, 4) is 0 Å². The summed E-state index contributed by atoms with van der Waals surface area (Å²) in [7, 11) is 4.62. The summed E-state index contributed by atoms with van der Waals surface area (Å²) in [5, 5.41) is 60.3. The summed E-state index contributed by atoms with van der Waals surface area (Å²) in [6.07, 6.45) is -7.68. The van der Waals surface area contributed by atoms with E-state index in [0.29, 0.717) is 44.1 Å². The summed E-state index contributed by atoms with van der Waals surface area (Å²) < 4.78 is 67.5. The van der Waals surface area contributed by atoms with Gasteiger partial charge in [0.05, 0.1) is 53.2 Å². The molecule has 4 aliphatic carbocycles. The van der Waals surface area contributed by atoms with Gasteiger partial charge in [-0.1, -0.05) is 32.0 Å². The van der Waals surface area contributed by atoms with E-state index in [1.807, 2.05) is 13.8 Å². The van der Waals surface area contributed by atoms with Crippen molar-refractivity contribution in [1.82, 2.24) is 0 Å². The minimum Gasteiger partial charge on any atom is -0.462 e. The molecule has 69 heavy (non-hydrogen) atoms. The lowest BCUT2D eigenvalue weighted by molar-refractivity contribution is -0.353. The maximum atomic E-state index is 13.3. The van der Waals surface area contributed by atoms with E-state index in [1.54, 1.807) is 65.3 Å². The van der Waals surface area contributed by atoms with Crippen molar-refractivity contribution >= 4 is 11.9 Å². The van der Waals surface area contributed by atoms with Gasteiger partial charge in [0.2, 0.25) is 0 Å². The highest BCUT2D eigenvalue weighted by Crippen LogP contribution is 2.72. The fourth-order valence-electron chi connectivity index (χ4n) is 14.2. The molecule has 18 nitrogen and oxygen atoms in total. The third kappa shape index (κ3) is 9.01. The smallest absolute Gasteiger partial charge is 0.338 e.